The van der Waals surface area contributed by atoms with Gasteiger partial charge in [0.15, 0.2) is 0 Å². The van der Waals surface area contributed by atoms with Crippen molar-refractivity contribution in [2.24, 2.45) is 5.73 Å². The molecule has 0 spiro atoms. The summed E-state index contributed by atoms with van der Waals surface area (Å²) < 4.78 is 0. The molecule has 0 aromatic heterocycles. The number of carbonyl (C=O) groups is 2. The standard InChI is InChI=1S/C21H25N3O4/c1-28-23-20(26)18-6-5-17(12-19(18)25)21(27)24-9-7-15(8-10-24)16-4-2-3-14(11-16)13-22/h2-6,11-12,15,25H,7-10,13,22H2,1H3,(H,23,26). The Morgan fingerprint density at radius 2 is 1.96 bits per heavy atom. The number of amides is 2. The van der Waals surface area contributed by atoms with E-state index < -0.39 is 5.91 Å². The molecule has 2 aromatic rings. The van der Waals surface area contributed by atoms with Crippen molar-refractivity contribution in [1.29, 1.82) is 0 Å². The largest absolute Gasteiger partial charge is 0.507 e. The van der Waals surface area contributed by atoms with Crippen LogP contribution in [0.2, 0.25) is 0 Å². The number of hydrogen-bond acceptors (Lipinski definition) is 5. The van der Waals surface area contributed by atoms with Gasteiger partial charge in [-0.3, -0.25) is 14.4 Å². The molecule has 1 aliphatic rings. The van der Waals surface area contributed by atoms with Crippen LogP contribution in [0.15, 0.2) is 42.5 Å². The van der Waals surface area contributed by atoms with E-state index in [0.717, 1.165) is 18.4 Å². The fourth-order valence-corrected chi connectivity index (χ4v) is 3.58. The number of rotatable bonds is 5. The normalized spacial score (nSPS) is 14.7. The number of phenolic OH excluding ortho intramolecular Hbond substituents is 1. The summed E-state index contributed by atoms with van der Waals surface area (Å²) in [6, 6.07) is 12.6. The van der Waals surface area contributed by atoms with E-state index in [9.17, 15) is 14.7 Å². The van der Waals surface area contributed by atoms with Crippen LogP contribution in [0.3, 0.4) is 0 Å². The second-order valence-electron chi connectivity index (χ2n) is 6.88. The van der Waals surface area contributed by atoms with Gasteiger partial charge in [0.2, 0.25) is 0 Å². The van der Waals surface area contributed by atoms with E-state index in [0.29, 0.717) is 31.1 Å². The molecular formula is C21H25N3O4. The van der Waals surface area contributed by atoms with Crippen LogP contribution in [0, 0.1) is 0 Å². The molecule has 148 valence electrons. The molecule has 4 N–H and O–H groups in total. The number of likely N-dealkylation sites (tertiary alicyclic amines) is 1. The van der Waals surface area contributed by atoms with Gasteiger partial charge in [-0.25, -0.2) is 5.48 Å². The molecule has 0 unspecified atom stereocenters. The lowest BCUT2D eigenvalue weighted by atomic mass is 9.88. The molecule has 28 heavy (non-hydrogen) atoms. The Morgan fingerprint density at radius 1 is 1.21 bits per heavy atom. The molecule has 3 rings (SSSR count). The molecule has 1 aliphatic heterocycles. The van der Waals surface area contributed by atoms with Gasteiger partial charge in [0.05, 0.1) is 12.7 Å². The first-order chi connectivity index (χ1) is 13.5. The topological polar surface area (TPSA) is 105 Å². The van der Waals surface area contributed by atoms with Crippen molar-refractivity contribution >= 4 is 11.8 Å². The van der Waals surface area contributed by atoms with Crippen LogP contribution in [0.5, 0.6) is 5.75 Å². The number of nitrogens with one attached hydrogen (secondary N) is 1. The molecule has 1 heterocycles. The zero-order valence-electron chi connectivity index (χ0n) is 15.9. The maximum absolute atomic E-state index is 12.8. The van der Waals surface area contributed by atoms with Gasteiger partial charge in [-0.1, -0.05) is 24.3 Å². The highest BCUT2D eigenvalue weighted by Gasteiger charge is 2.25. The van der Waals surface area contributed by atoms with Crippen molar-refractivity contribution in [3.8, 4) is 5.75 Å². The summed E-state index contributed by atoms with van der Waals surface area (Å²) in [6.45, 7) is 1.80. The first kappa shape index (κ1) is 19.9. The van der Waals surface area contributed by atoms with Crippen LogP contribution in [0.1, 0.15) is 50.6 Å². The Labute approximate surface area is 164 Å². The minimum Gasteiger partial charge on any atom is -0.507 e. The summed E-state index contributed by atoms with van der Waals surface area (Å²) in [5.41, 5.74) is 10.7. The van der Waals surface area contributed by atoms with Gasteiger partial charge in [-0.15, -0.1) is 0 Å². The Kier molecular flexibility index (Phi) is 6.28. The van der Waals surface area contributed by atoms with E-state index in [-0.39, 0.29) is 17.2 Å². The molecule has 2 amide bonds. The monoisotopic (exact) mass is 383 g/mol. The molecule has 0 aliphatic carbocycles. The summed E-state index contributed by atoms with van der Waals surface area (Å²) in [5.74, 6) is -0.569. The predicted molar refractivity (Wildman–Crippen MR) is 105 cm³/mol. The van der Waals surface area contributed by atoms with Gasteiger partial charge in [-0.2, -0.15) is 0 Å². The minimum absolute atomic E-state index is 0.0527. The average Bonchev–Trinajstić information content (AvgIpc) is 2.73. The molecule has 7 heteroatoms. The first-order valence-electron chi connectivity index (χ1n) is 9.28. The van der Waals surface area contributed by atoms with E-state index in [4.69, 9.17) is 5.73 Å². The maximum atomic E-state index is 12.8. The van der Waals surface area contributed by atoms with Crippen LogP contribution >= 0.6 is 0 Å². The van der Waals surface area contributed by atoms with E-state index in [1.165, 1.54) is 24.8 Å². The number of aromatic hydroxyl groups is 1. The van der Waals surface area contributed by atoms with Crippen molar-refractivity contribution in [1.82, 2.24) is 10.4 Å². The Bertz CT molecular complexity index is 860. The third-order valence-electron chi connectivity index (χ3n) is 5.12. The van der Waals surface area contributed by atoms with Crippen LogP contribution in [-0.2, 0) is 11.4 Å². The molecule has 0 bridgehead atoms. The van der Waals surface area contributed by atoms with Crippen LogP contribution in [-0.4, -0.2) is 42.0 Å². The number of hydroxylamine groups is 1. The Balaban J connectivity index is 1.65. The van der Waals surface area contributed by atoms with Crippen molar-refractivity contribution in [2.75, 3.05) is 20.2 Å². The van der Waals surface area contributed by atoms with E-state index >= 15 is 0 Å². The quantitative estimate of drug-likeness (QED) is 0.686. The second kappa shape index (κ2) is 8.86. The lowest BCUT2D eigenvalue weighted by Gasteiger charge is -2.32. The van der Waals surface area contributed by atoms with Crippen LogP contribution < -0.4 is 11.2 Å². The van der Waals surface area contributed by atoms with E-state index in [1.54, 1.807) is 11.0 Å². The number of hydrogen-bond donors (Lipinski definition) is 3. The zero-order valence-corrected chi connectivity index (χ0v) is 15.9. The molecule has 2 aromatic carbocycles. The van der Waals surface area contributed by atoms with Crippen molar-refractivity contribution < 1.29 is 19.5 Å². The predicted octanol–water partition coefficient (Wildman–Crippen LogP) is 2.16. The van der Waals surface area contributed by atoms with E-state index in [2.05, 4.69) is 22.5 Å². The third-order valence-corrected chi connectivity index (χ3v) is 5.12. The highest BCUT2D eigenvalue weighted by molar-refractivity contribution is 5.99. The highest BCUT2D eigenvalue weighted by atomic mass is 16.6. The van der Waals surface area contributed by atoms with Crippen LogP contribution in [0.4, 0.5) is 0 Å². The van der Waals surface area contributed by atoms with Gasteiger partial charge in [0.1, 0.15) is 5.75 Å². The first-order valence-corrected chi connectivity index (χ1v) is 9.28. The third kappa shape index (κ3) is 4.32. The van der Waals surface area contributed by atoms with Crippen molar-refractivity contribution in [3.05, 3.63) is 64.7 Å². The molecule has 7 nitrogen and oxygen atoms in total. The fourth-order valence-electron chi connectivity index (χ4n) is 3.58. The molecule has 0 saturated carbocycles. The molecule has 0 atom stereocenters. The number of piperidine rings is 1. The van der Waals surface area contributed by atoms with Gasteiger partial charge in [0.25, 0.3) is 11.8 Å². The molecule has 1 fully saturated rings. The van der Waals surface area contributed by atoms with Gasteiger partial charge in [0, 0.05) is 25.2 Å². The SMILES string of the molecule is CONC(=O)c1ccc(C(=O)N2CCC(c3cccc(CN)c3)CC2)cc1O. The Morgan fingerprint density at radius 3 is 2.61 bits per heavy atom. The zero-order chi connectivity index (χ0) is 20.1. The summed E-state index contributed by atoms with van der Waals surface area (Å²) in [5, 5.41) is 10.1. The maximum Gasteiger partial charge on any atom is 0.278 e. The number of nitrogens with two attached hydrogens (primary N) is 1. The summed E-state index contributed by atoms with van der Waals surface area (Å²) in [4.78, 5) is 30.9. The van der Waals surface area contributed by atoms with Crippen molar-refractivity contribution in [2.45, 2.75) is 25.3 Å². The lowest BCUT2D eigenvalue weighted by molar-refractivity contribution is 0.0534. The molecule has 1 saturated heterocycles. The average molecular weight is 383 g/mol. The Hall–Kier alpha value is -2.90. The summed E-state index contributed by atoms with van der Waals surface area (Å²) >= 11 is 0. The number of benzene rings is 2. The number of phenols is 1. The van der Waals surface area contributed by atoms with Crippen LogP contribution in [0.25, 0.3) is 0 Å². The van der Waals surface area contributed by atoms with Gasteiger partial charge >= 0.3 is 0 Å². The number of carbonyl (C=O) groups excluding carboxylic acids is 2. The van der Waals surface area contributed by atoms with Gasteiger partial charge < -0.3 is 15.7 Å². The van der Waals surface area contributed by atoms with E-state index in [1.807, 2.05) is 12.1 Å². The summed E-state index contributed by atoms with van der Waals surface area (Å²) in [7, 11) is 1.31. The molecular weight excluding hydrogens is 358 g/mol. The fraction of sp³-hybridized carbons (Fsp3) is 0.333. The van der Waals surface area contributed by atoms with Crippen molar-refractivity contribution in [3.63, 3.8) is 0 Å². The molecule has 0 radical (unpaired) electrons. The lowest BCUT2D eigenvalue weighted by Crippen LogP contribution is -2.38. The highest BCUT2D eigenvalue weighted by Crippen LogP contribution is 2.29. The van der Waals surface area contributed by atoms with Gasteiger partial charge in [-0.05, 0) is 48.1 Å². The second-order valence-corrected chi connectivity index (χ2v) is 6.88. The number of nitrogens with zero attached hydrogens (tertiary/aromatic N) is 1. The minimum atomic E-state index is -0.570. The summed E-state index contributed by atoms with van der Waals surface area (Å²) in [6.07, 6.45) is 1.75. The smallest absolute Gasteiger partial charge is 0.278 e.